The number of benzene rings is 1. The fourth-order valence-electron chi connectivity index (χ4n) is 2.29. The average Bonchev–Trinajstić information content (AvgIpc) is 3.16. The molecule has 0 bridgehead atoms. The molecule has 3 rings (SSSR count). The van der Waals surface area contributed by atoms with Crippen molar-refractivity contribution in [3.05, 3.63) is 39.8 Å². The van der Waals surface area contributed by atoms with Gasteiger partial charge in [0.25, 0.3) is 0 Å². The molecule has 0 aliphatic carbocycles. The van der Waals surface area contributed by atoms with E-state index in [1.807, 2.05) is 18.2 Å². The first-order chi connectivity index (χ1) is 11.1. The van der Waals surface area contributed by atoms with Crippen molar-refractivity contribution >= 4 is 39.0 Å². The molecule has 1 N–H and O–H groups in total. The molecule has 0 spiro atoms. The smallest absolute Gasteiger partial charge is 0.220 e. The third kappa shape index (κ3) is 3.92. The molecule has 7 heteroatoms. The summed E-state index contributed by atoms with van der Waals surface area (Å²) in [6, 6.07) is 8.04. The van der Waals surface area contributed by atoms with Crippen LogP contribution in [0.4, 0.5) is 0 Å². The number of hydrogen-bond acceptors (Lipinski definition) is 6. The van der Waals surface area contributed by atoms with Crippen molar-refractivity contribution in [1.82, 2.24) is 19.9 Å². The van der Waals surface area contributed by atoms with E-state index in [9.17, 15) is 4.79 Å². The molecule has 1 aromatic carbocycles. The lowest BCUT2D eigenvalue weighted by molar-refractivity contribution is -0.121. The lowest BCUT2D eigenvalue weighted by Crippen LogP contribution is -2.23. The number of hydrogen-bond donors (Lipinski definition) is 1. The normalized spacial score (nSPS) is 11.3. The molecule has 0 fully saturated rings. The van der Waals surface area contributed by atoms with Crippen LogP contribution >= 0.6 is 22.9 Å². The van der Waals surface area contributed by atoms with Gasteiger partial charge in [-0.2, -0.15) is 0 Å². The molecule has 23 heavy (non-hydrogen) atoms. The lowest BCUT2D eigenvalue weighted by Gasteiger charge is -2.05. The zero-order valence-corrected chi connectivity index (χ0v) is 14.7. The van der Waals surface area contributed by atoms with Crippen LogP contribution in [0.25, 0.3) is 10.2 Å². The quantitative estimate of drug-likeness (QED) is 0.741. The van der Waals surface area contributed by atoms with Crippen LogP contribution < -0.4 is 5.32 Å². The van der Waals surface area contributed by atoms with E-state index in [0.29, 0.717) is 25.3 Å². The summed E-state index contributed by atoms with van der Waals surface area (Å²) in [5.74, 6) is 0.357. The Morgan fingerprint density at radius 3 is 2.91 bits per heavy atom. The molecule has 0 saturated carbocycles. The molecule has 120 valence electrons. The van der Waals surface area contributed by atoms with Crippen molar-refractivity contribution in [2.45, 2.75) is 39.2 Å². The SMILES string of the molecule is CC(C)c1nnsc1CNC(=O)CCc1nc2ccccc2s1. The van der Waals surface area contributed by atoms with E-state index in [4.69, 9.17) is 0 Å². The summed E-state index contributed by atoms with van der Waals surface area (Å²) in [6.07, 6.45) is 1.12. The highest BCUT2D eigenvalue weighted by Crippen LogP contribution is 2.22. The number of carbonyl (C=O) groups is 1. The zero-order valence-electron chi connectivity index (χ0n) is 13.1. The second kappa shape index (κ2) is 7.14. The number of para-hydroxylation sites is 1. The van der Waals surface area contributed by atoms with Gasteiger partial charge in [-0.15, -0.1) is 16.4 Å². The number of fused-ring (bicyclic) bond motifs is 1. The highest BCUT2D eigenvalue weighted by molar-refractivity contribution is 7.18. The van der Waals surface area contributed by atoms with Crippen molar-refractivity contribution in [3.63, 3.8) is 0 Å². The predicted octanol–water partition coefficient (Wildman–Crippen LogP) is 3.52. The summed E-state index contributed by atoms with van der Waals surface area (Å²) in [5, 5.41) is 8.08. The molecule has 0 saturated heterocycles. The highest BCUT2D eigenvalue weighted by atomic mass is 32.1. The minimum absolute atomic E-state index is 0.0346. The Balaban J connectivity index is 1.52. The number of rotatable bonds is 6. The van der Waals surface area contributed by atoms with Gasteiger partial charge in [0, 0.05) is 12.8 Å². The summed E-state index contributed by atoms with van der Waals surface area (Å²) in [6.45, 7) is 4.66. The van der Waals surface area contributed by atoms with Gasteiger partial charge in [0.1, 0.15) is 0 Å². The molecule has 1 amide bonds. The second-order valence-electron chi connectivity index (χ2n) is 5.59. The van der Waals surface area contributed by atoms with Gasteiger partial charge < -0.3 is 5.32 Å². The van der Waals surface area contributed by atoms with Crippen molar-refractivity contribution in [1.29, 1.82) is 0 Å². The number of nitrogens with zero attached hydrogens (tertiary/aromatic N) is 3. The number of aromatic nitrogens is 3. The van der Waals surface area contributed by atoms with Gasteiger partial charge >= 0.3 is 0 Å². The van der Waals surface area contributed by atoms with Gasteiger partial charge in [0.05, 0.1) is 32.3 Å². The molecule has 0 unspecified atom stereocenters. The van der Waals surface area contributed by atoms with Gasteiger partial charge in [0.2, 0.25) is 5.91 Å². The minimum Gasteiger partial charge on any atom is -0.351 e. The Morgan fingerprint density at radius 1 is 1.30 bits per heavy atom. The minimum atomic E-state index is 0.0346. The molecule has 2 heterocycles. The van der Waals surface area contributed by atoms with Crippen LogP contribution in [0.1, 0.15) is 41.8 Å². The van der Waals surface area contributed by atoms with Crippen LogP contribution in [0.5, 0.6) is 0 Å². The highest BCUT2D eigenvalue weighted by Gasteiger charge is 2.13. The van der Waals surface area contributed by atoms with Crippen LogP contribution in [0.3, 0.4) is 0 Å². The molecule has 2 aromatic heterocycles. The Morgan fingerprint density at radius 2 is 2.13 bits per heavy atom. The van der Waals surface area contributed by atoms with E-state index in [1.165, 1.54) is 16.2 Å². The average molecular weight is 346 g/mol. The number of aryl methyl sites for hydroxylation is 1. The zero-order chi connectivity index (χ0) is 16.2. The first kappa shape index (κ1) is 16.0. The summed E-state index contributed by atoms with van der Waals surface area (Å²) in [5.41, 5.74) is 1.98. The third-order valence-corrected chi connectivity index (χ3v) is 5.32. The second-order valence-corrected chi connectivity index (χ2v) is 7.54. The molecule has 0 aliphatic heterocycles. The molecular formula is C16H18N4OS2. The maximum atomic E-state index is 12.0. The van der Waals surface area contributed by atoms with E-state index in [0.717, 1.165) is 21.1 Å². The molecule has 5 nitrogen and oxygen atoms in total. The van der Waals surface area contributed by atoms with Gasteiger partial charge in [-0.1, -0.05) is 30.5 Å². The van der Waals surface area contributed by atoms with E-state index >= 15 is 0 Å². The van der Waals surface area contributed by atoms with Gasteiger partial charge in [-0.25, -0.2) is 4.98 Å². The largest absolute Gasteiger partial charge is 0.351 e. The lowest BCUT2D eigenvalue weighted by atomic mass is 10.1. The monoisotopic (exact) mass is 346 g/mol. The van der Waals surface area contributed by atoms with Gasteiger partial charge in [-0.3, -0.25) is 4.79 Å². The summed E-state index contributed by atoms with van der Waals surface area (Å²) in [7, 11) is 0. The predicted molar refractivity (Wildman–Crippen MR) is 93.8 cm³/mol. The molecule has 0 radical (unpaired) electrons. The van der Waals surface area contributed by atoms with Crippen molar-refractivity contribution < 1.29 is 4.79 Å². The molecule has 0 atom stereocenters. The van der Waals surface area contributed by atoms with Crippen molar-refractivity contribution in [2.75, 3.05) is 0 Å². The molecule has 0 aliphatic rings. The van der Waals surface area contributed by atoms with E-state index in [1.54, 1.807) is 11.3 Å². The van der Waals surface area contributed by atoms with Crippen LogP contribution in [0.15, 0.2) is 24.3 Å². The maximum absolute atomic E-state index is 12.0. The van der Waals surface area contributed by atoms with Crippen LogP contribution in [0, 0.1) is 0 Å². The molecule has 3 aromatic rings. The topological polar surface area (TPSA) is 67.8 Å². The molecular weight excluding hydrogens is 328 g/mol. The first-order valence-electron chi connectivity index (χ1n) is 7.55. The number of carbonyl (C=O) groups excluding carboxylic acids is 1. The van der Waals surface area contributed by atoms with Crippen LogP contribution in [-0.2, 0) is 17.8 Å². The Kier molecular flexibility index (Phi) is 4.97. The third-order valence-electron chi connectivity index (χ3n) is 3.48. The number of amides is 1. The van der Waals surface area contributed by atoms with Gasteiger partial charge in [-0.05, 0) is 29.6 Å². The fraction of sp³-hybridized carbons (Fsp3) is 0.375. The fourth-order valence-corrected chi connectivity index (χ4v) is 3.99. The van der Waals surface area contributed by atoms with E-state index in [2.05, 4.69) is 39.8 Å². The van der Waals surface area contributed by atoms with E-state index in [-0.39, 0.29) is 5.91 Å². The summed E-state index contributed by atoms with van der Waals surface area (Å²) >= 11 is 3.00. The first-order valence-corrected chi connectivity index (χ1v) is 9.14. The Bertz CT molecular complexity index is 776. The summed E-state index contributed by atoms with van der Waals surface area (Å²) < 4.78 is 5.14. The van der Waals surface area contributed by atoms with E-state index < -0.39 is 0 Å². The van der Waals surface area contributed by atoms with Crippen molar-refractivity contribution in [3.8, 4) is 0 Å². The van der Waals surface area contributed by atoms with Crippen LogP contribution in [0.2, 0.25) is 0 Å². The number of thiazole rings is 1. The van der Waals surface area contributed by atoms with Crippen molar-refractivity contribution in [2.24, 2.45) is 0 Å². The Labute approximate surface area is 142 Å². The van der Waals surface area contributed by atoms with Crippen LogP contribution in [-0.4, -0.2) is 20.5 Å². The number of nitrogens with one attached hydrogen (secondary N) is 1. The standard InChI is InChI=1S/C16H18N4OS2/c1-10(2)16-13(23-20-19-16)9-17-14(21)7-8-15-18-11-5-3-4-6-12(11)22-15/h3-6,10H,7-9H2,1-2H3,(H,17,21). The summed E-state index contributed by atoms with van der Waals surface area (Å²) in [4.78, 5) is 17.6. The van der Waals surface area contributed by atoms with Gasteiger partial charge in [0.15, 0.2) is 0 Å². The maximum Gasteiger partial charge on any atom is 0.220 e. The Hall–Kier alpha value is -1.86.